The van der Waals surface area contributed by atoms with Crippen molar-refractivity contribution in [1.29, 1.82) is 0 Å². The summed E-state index contributed by atoms with van der Waals surface area (Å²) in [5, 5.41) is 2.28. The lowest BCUT2D eigenvalue weighted by atomic mass is 10.1. The minimum absolute atomic E-state index is 1.32. The molecule has 1 heteroatoms. The number of hydrogen-bond donors (Lipinski definition) is 1. The first kappa shape index (κ1) is 13.0. The maximum Gasteiger partial charge on any atom is 0.0753 e. The zero-order valence-corrected chi connectivity index (χ0v) is 9.65. The zero-order valence-electron chi connectivity index (χ0n) is 9.65. The molecule has 0 amide bonds. The summed E-state index contributed by atoms with van der Waals surface area (Å²) in [6, 6.07) is 0. The van der Waals surface area contributed by atoms with Gasteiger partial charge in [-0.05, 0) is 12.8 Å². The van der Waals surface area contributed by atoms with E-state index < -0.39 is 0 Å². The van der Waals surface area contributed by atoms with Gasteiger partial charge in [0.15, 0.2) is 0 Å². The van der Waals surface area contributed by atoms with Crippen molar-refractivity contribution in [2.75, 3.05) is 13.6 Å². The first-order chi connectivity index (χ1) is 6.41. The van der Waals surface area contributed by atoms with Gasteiger partial charge in [-0.2, -0.15) is 0 Å². The topological polar surface area (TPSA) is 16.6 Å². The highest BCUT2D eigenvalue weighted by molar-refractivity contribution is 4.45. The predicted octanol–water partition coefficient (Wildman–Crippen LogP) is 2.71. The van der Waals surface area contributed by atoms with E-state index in [1.54, 1.807) is 0 Å². The summed E-state index contributed by atoms with van der Waals surface area (Å²) in [4.78, 5) is 0. The standard InChI is InChI=1S/C12H27N/c1-3-4-5-6-7-8-9-10-11-12-13-2/h13H,3-12H2,1-2H3/p+1. The molecule has 13 heavy (non-hydrogen) atoms. The van der Waals surface area contributed by atoms with E-state index in [1.165, 1.54) is 64.3 Å². The molecule has 1 nitrogen and oxygen atoms in total. The molecular formula is C12H28N+. The molecular weight excluding hydrogens is 158 g/mol. The molecule has 0 aromatic heterocycles. The molecule has 80 valence electrons. The Morgan fingerprint density at radius 2 is 1.15 bits per heavy atom. The van der Waals surface area contributed by atoms with Gasteiger partial charge >= 0.3 is 0 Å². The average molecular weight is 186 g/mol. The van der Waals surface area contributed by atoms with Gasteiger partial charge in [-0.3, -0.25) is 0 Å². The number of unbranched alkanes of at least 4 members (excludes halogenated alkanes) is 8. The lowest BCUT2D eigenvalue weighted by molar-refractivity contribution is -0.627. The molecule has 0 atom stereocenters. The van der Waals surface area contributed by atoms with Crippen LogP contribution in [-0.2, 0) is 0 Å². The normalized spacial score (nSPS) is 10.6. The molecule has 0 saturated carbocycles. The Bertz CT molecular complexity index is 71.2. The fraction of sp³-hybridized carbons (Fsp3) is 1.00. The van der Waals surface area contributed by atoms with Gasteiger partial charge in [0, 0.05) is 0 Å². The van der Waals surface area contributed by atoms with Gasteiger partial charge < -0.3 is 5.32 Å². The van der Waals surface area contributed by atoms with Crippen LogP contribution in [0.3, 0.4) is 0 Å². The molecule has 0 aliphatic heterocycles. The van der Waals surface area contributed by atoms with Crippen molar-refractivity contribution in [2.45, 2.75) is 64.7 Å². The molecule has 0 fully saturated rings. The first-order valence-electron chi connectivity index (χ1n) is 6.19. The van der Waals surface area contributed by atoms with Crippen LogP contribution in [-0.4, -0.2) is 13.6 Å². The third-order valence-electron chi connectivity index (χ3n) is 2.60. The maximum absolute atomic E-state index is 2.28. The summed E-state index contributed by atoms with van der Waals surface area (Å²) >= 11 is 0. The second kappa shape index (κ2) is 12.0. The van der Waals surface area contributed by atoms with Gasteiger partial charge in [0.1, 0.15) is 0 Å². The Labute approximate surface area is 84.3 Å². The quantitative estimate of drug-likeness (QED) is 0.505. The Morgan fingerprint density at radius 3 is 1.62 bits per heavy atom. The summed E-state index contributed by atoms with van der Waals surface area (Å²) in [6.45, 7) is 3.59. The lowest BCUT2D eigenvalue weighted by Gasteiger charge is -2.00. The smallest absolute Gasteiger partial charge is 0.0753 e. The molecule has 0 radical (unpaired) electrons. The van der Waals surface area contributed by atoms with Crippen LogP contribution in [0.25, 0.3) is 0 Å². The third kappa shape index (κ3) is 12.0. The molecule has 0 aliphatic rings. The van der Waals surface area contributed by atoms with Crippen molar-refractivity contribution in [3.63, 3.8) is 0 Å². The number of hydrogen-bond acceptors (Lipinski definition) is 0. The van der Waals surface area contributed by atoms with Crippen LogP contribution in [0.4, 0.5) is 0 Å². The van der Waals surface area contributed by atoms with Gasteiger partial charge in [-0.15, -0.1) is 0 Å². The second-order valence-electron chi connectivity index (χ2n) is 4.03. The molecule has 0 spiro atoms. The van der Waals surface area contributed by atoms with Crippen LogP contribution in [0.1, 0.15) is 64.7 Å². The molecule has 0 bridgehead atoms. The van der Waals surface area contributed by atoms with Crippen molar-refractivity contribution < 1.29 is 5.32 Å². The van der Waals surface area contributed by atoms with Gasteiger partial charge in [-0.1, -0.05) is 51.9 Å². The molecule has 0 rings (SSSR count). The molecule has 0 aliphatic carbocycles. The highest BCUT2D eigenvalue weighted by Gasteiger charge is 1.91. The monoisotopic (exact) mass is 186 g/mol. The summed E-state index contributed by atoms with van der Waals surface area (Å²) in [7, 11) is 2.16. The van der Waals surface area contributed by atoms with E-state index in [-0.39, 0.29) is 0 Å². The van der Waals surface area contributed by atoms with E-state index in [1.807, 2.05) is 0 Å². The largest absolute Gasteiger partial charge is 0.349 e. The van der Waals surface area contributed by atoms with Crippen LogP contribution < -0.4 is 5.32 Å². The van der Waals surface area contributed by atoms with E-state index >= 15 is 0 Å². The minimum Gasteiger partial charge on any atom is -0.349 e. The summed E-state index contributed by atoms with van der Waals surface area (Å²) in [6.07, 6.45) is 13.0. The fourth-order valence-electron chi connectivity index (χ4n) is 1.66. The van der Waals surface area contributed by atoms with Crippen LogP contribution in [0.5, 0.6) is 0 Å². The number of nitrogens with two attached hydrogens (primary N) is 1. The summed E-state index contributed by atoms with van der Waals surface area (Å²) < 4.78 is 0. The van der Waals surface area contributed by atoms with Crippen molar-refractivity contribution >= 4 is 0 Å². The summed E-state index contributed by atoms with van der Waals surface area (Å²) in [5.74, 6) is 0. The van der Waals surface area contributed by atoms with Crippen LogP contribution >= 0.6 is 0 Å². The van der Waals surface area contributed by atoms with E-state index in [4.69, 9.17) is 0 Å². The zero-order chi connectivity index (χ0) is 9.78. The highest BCUT2D eigenvalue weighted by Crippen LogP contribution is 2.08. The fourth-order valence-corrected chi connectivity index (χ4v) is 1.66. The van der Waals surface area contributed by atoms with Crippen molar-refractivity contribution in [2.24, 2.45) is 0 Å². The number of quaternary nitrogens is 1. The Morgan fingerprint density at radius 1 is 0.692 bits per heavy atom. The maximum atomic E-state index is 2.28. The first-order valence-corrected chi connectivity index (χ1v) is 6.19. The SMILES string of the molecule is CCCCCCCCCCC[NH2+]C. The van der Waals surface area contributed by atoms with Crippen LogP contribution in [0, 0.1) is 0 Å². The van der Waals surface area contributed by atoms with E-state index in [9.17, 15) is 0 Å². The molecule has 0 aromatic carbocycles. The van der Waals surface area contributed by atoms with Crippen LogP contribution in [0.2, 0.25) is 0 Å². The van der Waals surface area contributed by atoms with Gasteiger partial charge in [0.25, 0.3) is 0 Å². The molecule has 0 unspecified atom stereocenters. The summed E-state index contributed by atoms with van der Waals surface area (Å²) in [5.41, 5.74) is 0. The molecule has 0 saturated heterocycles. The minimum atomic E-state index is 1.32. The Kier molecular flexibility index (Phi) is 11.9. The molecule has 0 aromatic rings. The predicted molar refractivity (Wildman–Crippen MR) is 59.9 cm³/mol. The van der Waals surface area contributed by atoms with Crippen molar-refractivity contribution in [3.8, 4) is 0 Å². The molecule has 2 N–H and O–H groups in total. The van der Waals surface area contributed by atoms with Gasteiger partial charge in [-0.25, -0.2) is 0 Å². The van der Waals surface area contributed by atoms with Crippen molar-refractivity contribution in [1.82, 2.24) is 0 Å². The second-order valence-corrected chi connectivity index (χ2v) is 4.03. The van der Waals surface area contributed by atoms with Gasteiger partial charge in [0.05, 0.1) is 13.6 Å². The van der Waals surface area contributed by atoms with Crippen molar-refractivity contribution in [3.05, 3.63) is 0 Å². The number of rotatable bonds is 10. The van der Waals surface area contributed by atoms with Crippen LogP contribution in [0.15, 0.2) is 0 Å². The molecule has 0 heterocycles. The average Bonchev–Trinajstić information content (AvgIpc) is 2.16. The van der Waals surface area contributed by atoms with E-state index in [0.717, 1.165) is 0 Å². The van der Waals surface area contributed by atoms with E-state index in [2.05, 4.69) is 19.3 Å². The lowest BCUT2D eigenvalue weighted by Crippen LogP contribution is -2.79. The third-order valence-corrected chi connectivity index (χ3v) is 2.60. The van der Waals surface area contributed by atoms with Gasteiger partial charge in [0.2, 0.25) is 0 Å². The highest BCUT2D eigenvalue weighted by atomic mass is 14.8. The Hall–Kier alpha value is -0.0400. The Balaban J connectivity index is 2.76. The van der Waals surface area contributed by atoms with E-state index in [0.29, 0.717) is 0 Å².